The van der Waals surface area contributed by atoms with Gasteiger partial charge in [-0.1, -0.05) is 0 Å². The van der Waals surface area contributed by atoms with Crippen molar-refractivity contribution < 1.29 is 27.4 Å². The molecule has 1 amide bonds. The lowest BCUT2D eigenvalue weighted by molar-refractivity contribution is 0.0795. The van der Waals surface area contributed by atoms with E-state index in [1.54, 1.807) is 0 Å². The van der Waals surface area contributed by atoms with Gasteiger partial charge in [-0.25, -0.2) is 18.2 Å². The van der Waals surface area contributed by atoms with Crippen molar-refractivity contribution in [2.75, 3.05) is 19.0 Å². The van der Waals surface area contributed by atoms with E-state index in [1.807, 2.05) is 0 Å². The average molecular weight is 340 g/mol. The monoisotopic (exact) mass is 340 g/mol. The summed E-state index contributed by atoms with van der Waals surface area (Å²) in [6.07, 6.45) is -1.36. The van der Waals surface area contributed by atoms with Crippen molar-refractivity contribution in [2.24, 2.45) is 0 Å². The van der Waals surface area contributed by atoms with Crippen LogP contribution in [0, 0.1) is 5.82 Å². The van der Waals surface area contributed by atoms with Crippen LogP contribution in [0.2, 0.25) is 0 Å². The lowest BCUT2D eigenvalue weighted by Gasteiger charge is -2.11. The third kappa shape index (κ3) is 4.95. The topological polar surface area (TPSA) is 60.5 Å². The maximum Gasteiger partial charge on any atom is 0.272 e. The van der Waals surface area contributed by atoms with Crippen LogP contribution in [0.4, 0.5) is 18.9 Å². The fraction of sp³-hybridized carbons (Fsp3) is 0.250. The summed E-state index contributed by atoms with van der Waals surface area (Å²) in [4.78, 5) is 16.0. The highest BCUT2D eigenvalue weighted by molar-refractivity contribution is 6.04. The summed E-state index contributed by atoms with van der Waals surface area (Å²) in [5.74, 6) is -1.05. The second-order valence-corrected chi connectivity index (χ2v) is 4.77. The van der Waals surface area contributed by atoms with Crippen LogP contribution in [-0.4, -0.2) is 31.0 Å². The Bertz CT molecular complexity index is 711. The number of carbonyl (C=O) groups excluding carboxylic acids is 1. The van der Waals surface area contributed by atoms with Gasteiger partial charge in [-0.15, -0.1) is 0 Å². The first-order chi connectivity index (χ1) is 11.5. The number of ether oxygens (including phenoxy) is 2. The molecule has 1 heterocycles. The predicted octanol–water partition coefficient (Wildman–Crippen LogP) is 3.26. The summed E-state index contributed by atoms with van der Waals surface area (Å²) >= 11 is 0. The number of pyridine rings is 1. The minimum Gasteiger partial charge on any atom is -0.472 e. The number of anilines is 1. The summed E-state index contributed by atoms with van der Waals surface area (Å²) in [7, 11) is 1.45. The van der Waals surface area contributed by atoms with E-state index >= 15 is 0 Å². The van der Waals surface area contributed by atoms with E-state index < -0.39 is 24.8 Å². The van der Waals surface area contributed by atoms with Crippen LogP contribution in [-0.2, 0) is 11.3 Å². The van der Waals surface area contributed by atoms with Crippen molar-refractivity contribution >= 4 is 11.6 Å². The molecule has 0 bridgehead atoms. The van der Waals surface area contributed by atoms with Gasteiger partial charge in [0.15, 0.2) is 6.61 Å². The highest BCUT2D eigenvalue weighted by Crippen LogP contribution is 2.20. The Hall–Kier alpha value is -2.61. The first-order valence-corrected chi connectivity index (χ1v) is 6.95. The minimum atomic E-state index is -2.64. The Morgan fingerprint density at radius 1 is 1.29 bits per heavy atom. The average Bonchev–Trinajstić information content (AvgIpc) is 2.56. The minimum absolute atomic E-state index is 0.0841. The van der Waals surface area contributed by atoms with Crippen LogP contribution >= 0.6 is 0 Å². The molecule has 0 saturated carbocycles. The SMILES string of the molecule is COCc1cc(F)ccc1NC(=O)c1ccnc(OCC(F)F)c1. The number of amides is 1. The number of alkyl halides is 2. The largest absolute Gasteiger partial charge is 0.472 e. The molecule has 0 saturated heterocycles. The third-order valence-corrected chi connectivity index (χ3v) is 2.97. The van der Waals surface area contributed by atoms with Crippen molar-refractivity contribution in [3.63, 3.8) is 0 Å². The fourth-order valence-electron chi connectivity index (χ4n) is 1.93. The third-order valence-electron chi connectivity index (χ3n) is 2.97. The number of nitrogens with one attached hydrogen (secondary N) is 1. The molecule has 0 fully saturated rings. The summed E-state index contributed by atoms with van der Waals surface area (Å²) in [5.41, 5.74) is 1.02. The molecular weight excluding hydrogens is 325 g/mol. The summed E-state index contributed by atoms with van der Waals surface area (Å²) in [5, 5.41) is 2.61. The van der Waals surface area contributed by atoms with Crippen LogP contribution < -0.4 is 10.1 Å². The Balaban J connectivity index is 2.14. The van der Waals surface area contributed by atoms with Crippen LogP contribution in [0.25, 0.3) is 0 Å². The number of carbonyl (C=O) groups is 1. The molecule has 2 rings (SSSR count). The summed E-state index contributed by atoms with van der Waals surface area (Å²) < 4.78 is 47.3. The van der Waals surface area contributed by atoms with E-state index in [1.165, 1.54) is 43.6 Å². The summed E-state index contributed by atoms with van der Waals surface area (Å²) in [6, 6.07) is 6.53. The molecule has 2 aromatic rings. The highest BCUT2D eigenvalue weighted by atomic mass is 19.3. The molecule has 0 atom stereocenters. The molecule has 0 unspecified atom stereocenters. The first-order valence-electron chi connectivity index (χ1n) is 6.95. The van der Waals surface area contributed by atoms with E-state index in [0.29, 0.717) is 11.3 Å². The van der Waals surface area contributed by atoms with E-state index in [4.69, 9.17) is 9.47 Å². The quantitative estimate of drug-likeness (QED) is 0.840. The number of hydrogen-bond donors (Lipinski definition) is 1. The van der Waals surface area contributed by atoms with E-state index in [-0.39, 0.29) is 18.1 Å². The standard InChI is InChI=1S/C16H15F3N2O3/c1-23-8-11-6-12(17)2-3-13(11)21-16(22)10-4-5-20-15(7-10)24-9-14(18)19/h2-7,14H,8-9H2,1H3,(H,21,22). The van der Waals surface area contributed by atoms with Crippen molar-refractivity contribution in [1.82, 2.24) is 4.98 Å². The Kier molecular flexibility index (Phi) is 6.14. The molecule has 0 radical (unpaired) electrons. The van der Waals surface area contributed by atoms with Gasteiger partial charge in [0.25, 0.3) is 12.3 Å². The number of benzene rings is 1. The number of halogens is 3. The normalized spacial score (nSPS) is 10.7. The fourth-order valence-corrected chi connectivity index (χ4v) is 1.93. The molecule has 128 valence electrons. The number of aromatic nitrogens is 1. The van der Waals surface area contributed by atoms with Gasteiger partial charge in [0.05, 0.1) is 6.61 Å². The number of hydrogen-bond acceptors (Lipinski definition) is 4. The first kappa shape index (κ1) is 17.7. The number of nitrogens with zero attached hydrogens (tertiary/aromatic N) is 1. The molecular formula is C16H15F3N2O3. The maximum atomic E-state index is 13.3. The van der Waals surface area contributed by atoms with E-state index in [0.717, 1.165) is 0 Å². The van der Waals surface area contributed by atoms with Gasteiger partial charge < -0.3 is 14.8 Å². The van der Waals surface area contributed by atoms with Gasteiger partial charge >= 0.3 is 0 Å². The van der Waals surface area contributed by atoms with Gasteiger partial charge in [-0.2, -0.15) is 0 Å². The summed E-state index contributed by atoms with van der Waals surface area (Å²) in [6.45, 7) is -0.694. The van der Waals surface area contributed by atoms with Crippen LogP contribution in [0.5, 0.6) is 5.88 Å². The number of methoxy groups -OCH3 is 1. The van der Waals surface area contributed by atoms with Gasteiger partial charge in [0.1, 0.15) is 5.82 Å². The molecule has 1 aromatic heterocycles. The van der Waals surface area contributed by atoms with Crippen molar-refractivity contribution in [3.05, 3.63) is 53.5 Å². The molecule has 0 aliphatic rings. The highest BCUT2D eigenvalue weighted by Gasteiger charge is 2.12. The predicted molar refractivity (Wildman–Crippen MR) is 80.8 cm³/mol. The molecule has 8 heteroatoms. The molecule has 1 aromatic carbocycles. The zero-order chi connectivity index (χ0) is 17.5. The van der Waals surface area contributed by atoms with Gasteiger partial charge in [0, 0.05) is 36.2 Å². The molecule has 0 spiro atoms. The smallest absolute Gasteiger partial charge is 0.272 e. The molecule has 5 nitrogen and oxygen atoms in total. The van der Waals surface area contributed by atoms with Crippen LogP contribution in [0.15, 0.2) is 36.5 Å². The molecule has 1 N–H and O–H groups in total. The Morgan fingerprint density at radius 2 is 2.08 bits per heavy atom. The second-order valence-electron chi connectivity index (χ2n) is 4.77. The van der Waals surface area contributed by atoms with Gasteiger partial charge in [0.2, 0.25) is 5.88 Å². The molecule has 24 heavy (non-hydrogen) atoms. The zero-order valence-electron chi connectivity index (χ0n) is 12.8. The Morgan fingerprint density at radius 3 is 2.79 bits per heavy atom. The van der Waals surface area contributed by atoms with Gasteiger partial charge in [-0.3, -0.25) is 4.79 Å². The van der Waals surface area contributed by atoms with Gasteiger partial charge in [-0.05, 0) is 24.3 Å². The van der Waals surface area contributed by atoms with Crippen molar-refractivity contribution in [3.8, 4) is 5.88 Å². The lowest BCUT2D eigenvalue weighted by Crippen LogP contribution is -2.14. The van der Waals surface area contributed by atoms with E-state index in [9.17, 15) is 18.0 Å². The van der Waals surface area contributed by atoms with E-state index in [2.05, 4.69) is 10.3 Å². The Labute approximate surface area is 136 Å². The lowest BCUT2D eigenvalue weighted by atomic mass is 10.1. The van der Waals surface area contributed by atoms with Crippen LogP contribution in [0.3, 0.4) is 0 Å². The molecule has 0 aliphatic carbocycles. The zero-order valence-corrected chi connectivity index (χ0v) is 12.8. The van der Waals surface area contributed by atoms with Crippen molar-refractivity contribution in [2.45, 2.75) is 13.0 Å². The second kappa shape index (κ2) is 8.30. The maximum absolute atomic E-state index is 13.3. The molecule has 0 aliphatic heterocycles. The van der Waals surface area contributed by atoms with Crippen LogP contribution in [0.1, 0.15) is 15.9 Å². The number of rotatable bonds is 7. The van der Waals surface area contributed by atoms with Crippen molar-refractivity contribution in [1.29, 1.82) is 0 Å².